The molecule has 1 aliphatic rings. The average molecular weight is 270 g/mol. The summed E-state index contributed by atoms with van der Waals surface area (Å²) >= 11 is 0. The van der Waals surface area contributed by atoms with E-state index in [0.717, 1.165) is 31.8 Å². The first kappa shape index (κ1) is 13.5. The molecule has 0 aliphatic carbocycles. The minimum atomic E-state index is 0.419. The fourth-order valence-electron chi connectivity index (χ4n) is 2.92. The van der Waals surface area contributed by atoms with Crippen molar-refractivity contribution in [3.8, 4) is 0 Å². The summed E-state index contributed by atoms with van der Waals surface area (Å²) in [4.78, 5) is 6.91. The zero-order valence-electron chi connectivity index (χ0n) is 12.1. The van der Waals surface area contributed by atoms with E-state index in [9.17, 15) is 0 Å². The standard InChI is InChI=1S/C17H22N2O/c1-2-19(13-15-6-5-11-20-15)12-14-9-10-18-17-8-4-3-7-16(14)17/h3-4,7-10,15H,2,5-6,11-13H2,1H3. The number of likely N-dealkylation sites (N-methyl/N-ethyl adjacent to an activating group) is 1. The van der Waals surface area contributed by atoms with E-state index < -0.39 is 0 Å². The lowest BCUT2D eigenvalue weighted by atomic mass is 10.1. The van der Waals surface area contributed by atoms with Gasteiger partial charge >= 0.3 is 0 Å². The van der Waals surface area contributed by atoms with Crippen molar-refractivity contribution in [2.75, 3.05) is 19.7 Å². The first-order valence-corrected chi connectivity index (χ1v) is 7.53. The Morgan fingerprint density at radius 3 is 3.00 bits per heavy atom. The number of nitrogens with zero attached hydrogens (tertiary/aromatic N) is 2. The van der Waals surface area contributed by atoms with Crippen LogP contribution in [-0.4, -0.2) is 35.7 Å². The van der Waals surface area contributed by atoms with Crippen molar-refractivity contribution in [1.82, 2.24) is 9.88 Å². The third kappa shape index (κ3) is 3.00. The molecule has 3 heteroatoms. The van der Waals surface area contributed by atoms with E-state index in [2.05, 4.69) is 41.1 Å². The summed E-state index contributed by atoms with van der Waals surface area (Å²) in [5, 5.41) is 1.26. The maximum atomic E-state index is 5.76. The van der Waals surface area contributed by atoms with Gasteiger partial charge in [-0.1, -0.05) is 25.1 Å². The summed E-state index contributed by atoms with van der Waals surface area (Å²) < 4.78 is 5.76. The van der Waals surface area contributed by atoms with Gasteiger partial charge in [0.05, 0.1) is 11.6 Å². The van der Waals surface area contributed by atoms with Crippen LogP contribution < -0.4 is 0 Å². The van der Waals surface area contributed by atoms with E-state index in [-0.39, 0.29) is 0 Å². The predicted octanol–water partition coefficient (Wildman–Crippen LogP) is 3.24. The highest BCUT2D eigenvalue weighted by atomic mass is 16.5. The largest absolute Gasteiger partial charge is 0.377 e. The lowest BCUT2D eigenvalue weighted by molar-refractivity contribution is 0.0726. The fourth-order valence-corrected chi connectivity index (χ4v) is 2.92. The Labute approximate surface area is 120 Å². The molecular formula is C17H22N2O. The maximum Gasteiger partial charge on any atom is 0.0705 e. The monoisotopic (exact) mass is 270 g/mol. The van der Waals surface area contributed by atoms with Crippen molar-refractivity contribution in [2.24, 2.45) is 0 Å². The molecule has 3 nitrogen and oxygen atoms in total. The first-order chi connectivity index (χ1) is 9.86. The van der Waals surface area contributed by atoms with Crippen LogP contribution in [0.4, 0.5) is 0 Å². The molecule has 106 valence electrons. The summed E-state index contributed by atoms with van der Waals surface area (Å²) in [5.74, 6) is 0. The molecule has 20 heavy (non-hydrogen) atoms. The van der Waals surface area contributed by atoms with Gasteiger partial charge in [-0.25, -0.2) is 0 Å². The second-order valence-electron chi connectivity index (χ2n) is 5.45. The molecule has 1 aromatic carbocycles. The fraction of sp³-hybridized carbons (Fsp3) is 0.471. The van der Waals surface area contributed by atoms with Crippen molar-refractivity contribution in [1.29, 1.82) is 0 Å². The summed E-state index contributed by atoms with van der Waals surface area (Å²) in [7, 11) is 0. The van der Waals surface area contributed by atoms with E-state index >= 15 is 0 Å². The van der Waals surface area contributed by atoms with E-state index in [1.54, 1.807) is 0 Å². The molecule has 1 saturated heterocycles. The molecule has 0 saturated carbocycles. The Bertz CT molecular complexity index is 558. The summed E-state index contributed by atoms with van der Waals surface area (Å²) in [5.41, 5.74) is 2.44. The SMILES string of the molecule is CCN(Cc1ccnc2ccccc12)CC1CCCO1. The zero-order valence-corrected chi connectivity index (χ0v) is 12.1. The molecule has 2 aromatic rings. The second-order valence-corrected chi connectivity index (χ2v) is 5.45. The smallest absolute Gasteiger partial charge is 0.0705 e. The average Bonchev–Trinajstić information content (AvgIpc) is 3.00. The summed E-state index contributed by atoms with van der Waals surface area (Å²) in [6, 6.07) is 10.5. The van der Waals surface area contributed by atoms with Crippen LogP contribution in [0.25, 0.3) is 10.9 Å². The van der Waals surface area contributed by atoms with Crippen LogP contribution in [0.5, 0.6) is 0 Å². The van der Waals surface area contributed by atoms with Gasteiger partial charge in [0, 0.05) is 31.3 Å². The van der Waals surface area contributed by atoms with Gasteiger partial charge in [-0.2, -0.15) is 0 Å². The normalized spacial score (nSPS) is 19.0. The maximum absolute atomic E-state index is 5.76. The van der Waals surface area contributed by atoms with Crippen molar-refractivity contribution in [3.05, 3.63) is 42.1 Å². The Kier molecular flexibility index (Phi) is 4.28. The third-order valence-corrected chi connectivity index (χ3v) is 4.07. The Morgan fingerprint density at radius 2 is 2.20 bits per heavy atom. The van der Waals surface area contributed by atoms with Crippen LogP contribution in [-0.2, 0) is 11.3 Å². The van der Waals surface area contributed by atoms with Gasteiger partial charge in [0.2, 0.25) is 0 Å². The van der Waals surface area contributed by atoms with Gasteiger partial charge in [0.15, 0.2) is 0 Å². The van der Waals surface area contributed by atoms with Crippen LogP contribution in [0, 0.1) is 0 Å². The Hall–Kier alpha value is -1.45. The summed E-state index contributed by atoms with van der Waals surface area (Å²) in [6.45, 7) is 6.21. The van der Waals surface area contributed by atoms with E-state index in [1.165, 1.54) is 23.8 Å². The highest BCUT2D eigenvalue weighted by molar-refractivity contribution is 5.81. The number of rotatable bonds is 5. The molecule has 1 aromatic heterocycles. The molecule has 0 spiro atoms. The molecule has 1 unspecified atom stereocenters. The number of hydrogen-bond acceptors (Lipinski definition) is 3. The number of para-hydroxylation sites is 1. The van der Waals surface area contributed by atoms with E-state index in [0.29, 0.717) is 6.10 Å². The molecule has 0 bridgehead atoms. The minimum absolute atomic E-state index is 0.419. The van der Waals surface area contributed by atoms with Crippen molar-refractivity contribution < 1.29 is 4.74 Å². The quantitative estimate of drug-likeness (QED) is 0.834. The van der Waals surface area contributed by atoms with Gasteiger partial charge in [-0.3, -0.25) is 9.88 Å². The number of benzene rings is 1. The van der Waals surface area contributed by atoms with Gasteiger partial charge < -0.3 is 4.74 Å². The minimum Gasteiger partial charge on any atom is -0.377 e. The first-order valence-electron chi connectivity index (χ1n) is 7.53. The van der Waals surface area contributed by atoms with Crippen LogP contribution in [0.2, 0.25) is 0 Å². The molecule has 1 aliphatic heterocycles. The lowest BCUT2D eigenvalue weighted by Crippen LogP contribution is -2.31. The molecule has 0 amide bonds. The molecule has 1 atom stereocenters. The number of aromatic nitrogens is 1. The molecule has 2 heterocycles. The van der Waals surface area contributed by atoms with Crippen LogP contribution >= 0.6 is 0 Å². The van der Waals surface area contributed by atoms with Gasteiger partial charge in [0.25, 0.3) is 0 Å². The van der Waals surface area contributed by atoms with Crippen LogP contribution in [0.1, 0.15) is 25.3 Å². The second kappa shape index (κ2) is 6.33. The number of pyridine rings is 1. The zero-order chi connectivity index (χ0) is 13.8. The number of ether oxygens (including phenoxy) is 1. The lowest BCUT2D eigenvalue weighted by Gasteiger charge is -2.24. The number of hydrogen-bond donors (Lipinski definition) is 0. The Balaban J connectivity index is 1.76. The van der Waals surface area contributed by atoms with Crippen LogP contribution in [0.15, 0.2) is 36.5 Å². The molecule has 0 radical (unpaired) electrons. The van der Waals surface area contributed by atoms with Crippen molar-refractivity contribution in [2.45, 2.75) is 32.4 Å². The van der Waals surface area contributed by atoms with Gasteiger partial charge in [0.1, 0.15) is 0 Å². The van der Waals surface area contributed by atoms with Crippen molar-refractivity contribution >= 4 is 10.9 Å². The molecule has 1 fully saturated rings. The van der Waals surface area contributed by atoms with Crippen LogP contribution in [0.3, 0.4) is 0 Å². The van der Waals surface area contributed by atoms with E-state index in [4.69, 9.17) is 4.74 Å². The highest BCUT2D eigenvalue weighted by Gasteiger charge is 2.18. The Morgan fingerprint density at radius 1 is 1.30 bits per heavy atom. The highest BCUT2D eigenvalue weighted by Crippen LogP contribution is 2.19. The van der Waals surface area contributed by atoms with Gasteiger partial charge in [-0.05, 0) is 37.1 Å². The third-order valence-electron chi connectivity index (χ3n) is 4.07. The topological polar surface area (TPSA) is 25.4 Å². The number of fused-ring (bicyclic) bond motifs is 1. The molecule has 3 rings (SSSR count). The molecular weight excluding hydrogens is 248 g/mol. The molecule has 0 N–H and O–H groups in total. The predicted molar refractivity (Wildman–Crippen MR) is 81.7 cm³/mol. The van der Waals surface area contributed by atoms with Gasteiger partial charge in [-0.15, -0.1) is 0 Å². The van der Waals surface area contributed by atoms with Crippen molar-refractivity contribution in [3.63, 3.8) is 0 Å². The van der Waals surface area contributed by atoms with E-state index in [1.807, 2.05) is 12.3 Å². The summed E-state index contributed by atoms with van der Waals surface area (Å²) in [6.07, 6.45) is 4.74.